The second-order valence-corrected chi connectivity index (χ2v) is 22.0. The number of esters is 2. The van der Waals surface area contributed by atoms with Gasteiger partial charge in [-0.1, -0.05) is 27.7 Å². The number of rotatable bonds is 17. The molecule has 438 valence electrons. The smallest absolute Gasteiger partial charge is 0.338 e. The van der Waals surface area contributed by atoms with Crippen LogP contribution in [-0.2, 0) is 61.8 Å². The van der Waals surface area contributed by atoms with Gasteiger partial charge in [0, 0.05) is 44.4 Å². The lowest BCUT2D eigenvalue weighted by atomic mass is 9.74. The van der Waals surface area contributed by atoms with E-state index in [1.165, 1.54) is 48.8 Å². The minimum absolute atomic E-state index is 0.0271. The fourth-order valence-corrected chi connectivity index (χ4v) is 11.1. The molecule has 0 aromatic rings. The molecule has 4 rings (SSSR count). The summed E-state index contributed by atoms with van der Waals surface area (Å²) < 4.78 is 61.0. The van der Waals surface area contributed by atoms with E-state index in [9.17, 15) is 70.6 Å². The molecule has 0 aromatic heterocycles. The molecule has 0 bridgehead atoms. The summed E-state index contributed by atoms with van der Waals surface area (Å²) in [6, 6.07) is -0.405. The maximum Gasteiger partial charge on any atom is 0.338 e. The van der Waals surface area contributed by atoms with Crippen molar-refractivity contribution in [3.8, 4) is 0 Å². The fraction of sp³-hybridized carbons (Fsp3) is 0.940. The highest BCUT2D eigenvalue weighted by atomic mass is 16.7. The van der Waals surface area contributed by atoms with E-state index in [1.807, 2.05) is 25.9 Å². The van der Waals surface area contributed by atoms with Gasteiger partial charge < -0.3 is 108 Å². The third-order valence-corrected chi connectivity index (χ3v) is 16.1. The number of cyclic esters (lactones) is 1. The molecule has 0 aliphatic carbocycles. The predicted molar refractivity (Wildman–Crippen MR) is 259 cm³/mol. The van der Waals surface area contributed by atoms with Gasteiger partial charge in [0.15, 0.2) is 31.1 Å². The highest BCUT2D eigenvalue weighted by molar-refractivity contribution is 5.83. The molecule has 25 heteroatoms. The van der Waals surface area contributed by atoms with Crippen LogP contribution in [-0.4, -0.2) is 260 Å². The molecule has 4 aliphatic rings. The Kier molecular flexibility index (Phi) is 23.4. The van der Waals surface area contributed by atoms with Crippen LogP contribution in [0.25, 0.3) is 0 Å². The van der Waals surface area contributed by atoms with E-state index in [0.29, 0.717) is 6.42 Å². The Morgan fingerprint density at radius 1 is 0.787 bits per heavy atom. The van der Waals surface area contributed by atoms with Crippen molar-refractivity contribution < 1.29 is 118 Å². The fourth-order valence-electron chi connectivity index (χ4n) is 11.1. The average molecular weight is 1090 g/mol. The zero-order valence-corrected chi connectivity index (χ0v) is 45.8. The number of Topliss-reactive ketones (excluding diaryl/α,β-unsaturated/α-hetero) is 1. The number of hydrogen-bond donors (Lipinski definition) is 11. The molecule has 0 saturated carbocycles. The predicted octanol–water partition coefficient (Wildman–Crippen LogP) is -2.75. The molecule has 0 radical (unpaired) electrons. The average Bonchev–Trinajstić information content (AvgIpc) is 3.37. The summed E-state index contributed by atoms with van der Waals surface area (Å²) in [6.45, 7) is 13.9. The van der Waals surface area contributed by atoms with E-state index < -0.39 is 188 Å². The lowest BCUT2D eigenvalue weighted by Gasteiger charge is -2.50. The summed E-state index contributed by atoms with van der Waals surface area (Å²) in [5.41, 5.74) is -5.08. The van der Waals surface area contributed by atoms with Gasteiger partial charge in [-0.05, 0) is 74.9 Å². The number of aliphatic hydroxyl groups excluding tert-OH is 10. The Bertz CT molecular complexity index is 1830. The zero-order valence-electron chi connectivity index (χ0n) is 45.8. The molecule has 0 aromatic carbocycles. The Morgan fingerprint density at radius 3 is 1.93 bits per heavy atom. The van der Waals surface area contributed by atoms with E-state index in [-0.39, 0.29) is 25.4 Å². The van der Waals surface area contributed by atoms with Crippen molar-refractivity contribution in [2.45, 2.75) is 234 Å². The molecule has 11 N–H and O–H groups in total. The summed E-state index contributed by atoms with van der Waals surface area (Å²) in [7, 11) is 6.35. The van der Waals surface area contributed by atoms with Gasteiger partial charge in [-0.25, -0.2) is 4.79 Å². The summed E-state index contributed by atoms with van der Waals surface area (Å²) in [4.78, 5) is 44.4. The van der Waals surface area contributed by atoms with Crippen molar-refractivity contribution in [3.05, 3.63) is 0 Å². The van der Waals surface area contributed by atoms with Gasteiger partial charge in [0.05, 0.1) is 55.3 Å². The zero-order chi connectivity index (χ0) is 57.0. The van der Waals surface area contributed by atoms with Gasteiger partial charge in [-0.15, -0.1) is 0 Å². The minimum atomic E-state index is -2.54. The summed E-state index contributed by atoms with van der Waals surface area (Å²) in [5.74, 6) is -6.92. The third kappa shape index (κ3) is 14.4. The van der Waals surface area contributed by atoms with Crippen LogP contribution in [0.1, 0.15) is 94.9 Å². The van der Waals surface area contributed by atoms with E-state index >= 15 is 0 Å². The summed E-state index contributed by atoms with van der Waals surface area (Å²) in [6.07, 6.45) is -30.2. The Morgan fingerprint density at radius 2 is 1.39 bits per heavy atom. The molecule has 4 aliphatic heterocycles. The molecule has 25 nitrogen and oxygen atoms in total. The number of ether oxygens (including phenoxy) is 10. The monoisotopic (exact) mass is 1090 g/mol. The van der Waals surface area contributed by atoms with Crippen molar-refractivity contribution in [1.29, 1.82) is 0 Å². The number of likely N-dealkylation sites (N-methyl/N-ethyl adjacent to an activating group) is 1. The van der Waals surface area contributed by atoms with Crippen LogP contribution >= 0.6 is 0 Å². The second kappa shape index (κ2) is 26.8. The van der Waals surface area contributed by atoms with E-state index in [2.05, 4.69) is 0 Å². The Hall–Kier alpha value is -2.19. The van der Waals surface area contributed by atoms with Crippen LogP contribution in [0.5, 0.6) is 0 Å². The van der Waals surface area contributed by atoms with Gasteiger partial charge in [0.1, 0.15) is 71.9 Å². The highest BCUT2D eigenvalue weighted by Gasteiger charge is 2.56. The quantitative estimate of drug-likeness (QED) is 0.0658. The van der Waals surface area contributed by atoms with Gasteiger partial charge in [0.2, 0.25) is 0 Å². The number of carbonyl (C=O) groups is 3. The van der Waals surface area contributed by atoms with Gasteiger partial charge in [-0.2, -0.15) is 0 Å². The molecule has 0 unspecified atom stereocenters. The number of nitrogens with zero attached hydrogens (tertiary/aromatic N) is 1. The molecule has 4 fully saturated rings. The first-order chi connectivity index (χ1) is 34.8. The van der Waals surface area contributed by atoms with Gasteiger partial charge in [-0.3, -0.25) is 9.59 Å². The number of aliphatic hydroxyl groups is 11. The highest BCUT2D eigenvalue weighted by Crippen LogP contribution is 2.43. The number of hydrogen-bond acceptors (Lipinski definition) is 25. The maximum atomic E-state index is 14.6. The third-order valence-electron chi connectivity index (χ3n) is 16.1. The standard InChI is InChI=1S/C50H89NO24/c1-15-30-50(10,65)41(62)23(4)32(55)21(2)17-48(8,66-13)42(75-46-33(56)27(51(11)12)16-22(3)68-46)24(5)39(25(6)44(63)71-30)72-31-18-49(9,67-14)43(26(7)69-31)74-45(64)37(60)36(59)40(28(54)19-52)73-47-38(61)35(58)34(57)29(20-53)70-47/h21-31,33-43,46-47,52-54,56-62,65H,15-20H2,1-14H3/t21-,22-,23+,24+,25-,26+,27+,28-,29-,30-,31+,33-,34+,35+,36-,37-,38-,39+,40-,41-,42-,43+,46+,47+,48-,49-,50-/m1/s1. The molecule has 0 amide bonds. The first-order valence-electron chi connectivity index (χ1n) is 25.8. The number of carbonyl (C=O) groups excluding carboxylic acids is 3. The van der Waals surface area contributed by atoms with E-state index in [1.54, 1.807) is 27.7 Å². The van der Waals surface area contributed by atoms with Crippen LogP contribution in [0, 0.1) is 23.7 Å². The van der Waals surface area contributed by atoms with Crippen LogP contribution in [0.2, 0.25) is 0 Å². The first kappa shape index (κ1) is 65.3. The minimum Gasteiger partial charge on any atom is -0.459 e. The van der Waals surface area contributed by atoms with Crippen LogP contribution < -0.4 is 0 Å². The van der Waals surface area contributed by atoms with Crippen molar-refractivity contribution in [2.24, 2.45) is 23.7 Å². The van der Waals surface area contributed by atoms with E-state index in [0.717, 1.165) is 0 Å². The largest absolute Gasteiger partial charge is 0.459 e. The van der Waals surface area contributed by atoms with Crippen molar-refractivity contribution in [3.63, 3.8) is 0 Å². The SMILES string of the molecule is CC[C@H]1OC(=O)[C@H](C)[C@@H](O[C@H]2C[C@@](C)(OC)[C@@H](OC(=O)[C@H](O)[C@@H](O)[C@H](O[C@@H]3O[C@H](CO)[C@H](O)[C@H](O)[C@H]3O)[C@H](O)CO)[C@H](C)O2)[C@H](C)[C@@H](O[C@@H]2O[C@H](C)C[C@H](N(C)C)[C@H]2O)[C@](C)(OC)C[C@@H](C)C(=O)[C@H](C)[C@@H](O)[C@]1(C)O. The van der Waals surface area contributed by atoms with Crippen LogP contribution in [0.15, 0.2) is 0 Å². The number of ketones is 1. The number of methoxy groups -OCH3 is 2. The molecule has 4 saturated heterocycles. The molecular weight excluding hydrogens is 999 g/mol. The van der Waals surface area contributed by atoms with Crippen LogP contribution in [0.3, 0.4) is 0 Å². The van der Waals surface area contributed by atoms with E-state index in [4.69, 9.17) is 47.4 Å². The lowest BCUT2D eigenvalue weighted by molar-refractivity contribution is -0.328. The molecule has 27 atom stereocenters. The van der Waals surface area contributed by atoms with Gasteiger partial charge in [0.25, 0.3) is 0 Å². The second-order valence-electron chi connectivity index (χ2n) is 22.0. The summed E-state index contributed by atoms with van der Waals surface area (Å²) in [5, 5.41) is 119. The molecule has 4 heterocycles. The summed E-state index contributed by atoms with van der Waals surface area (Å²) >= 11 is 0. The normalized spacial score (nSPS) is 45.5. The van der Waals surface area contributed by atoms with Crippen molar-refractivity contribution >= 4 is 17.7 Å². The maximum absolute atomic E-state index is 14.6. The Labute approximate surface area is 439 Å². The topological polar surface area (TPSA) is 369 Å². The van der Waals surface area contributed by atoms with Crippen molar-refractivity contribution in [2.75, 3.05) is 41.5 Å². The molecule has 0 spiro atoms. The molecule has 75 heavy (non-hydrogen) atoms. The van der Waals surface area contributed by atoms with Gasteiger partial charge >= 0.3 is 11.9 Å². The van der Waals surface area contributed by atoms with Crippen LogP contribution in [0.4, 0.5) is 0 Å². The molecular formula is C50H89NO24. The lowest BCUT2D eigenvalue weighted by Crippen LogP contribution is -2.62. The first-order valence-corrected chi connectivity index (χ1v) is 25.8. The van der Waals surface area contributed by atoms with Crippen molar-refractivity contribution in [1.82, 2.24) is 4.90 Å². The Balaban J connectivity index is 1.73.